The summed E-state index contributed by atoms with van der Waals surface area (Å²) in [7, 11) is 0. The Labute approximate surface area is 118 Å². The van der Waals surface area contributed by atoms with Gasteiger partial charge in [-0.05, 0) is 19.9 Å². The molecule has 2 heterocycles. The van der Waals surface area contributed by atoms with Gasteiger partial charge >= 0.3 is 6.18 Å². The lowest BCUT2D eigenvalue weighted by Crippen LogP contribution is -2.08. The van der Waals surface area contributed by atoms with Gasteiger partial charge < -0.3 is 5.32 Å². The third-order valence-electron chi connectivity index (χ3n) is 2.88. The first-order chi connectivity index (χ1) is 9.29. The van der Waals surface area contributed by atoms with Crippen molar-refractivity contribution in [3.63, 3.8) is 0 Å². The monoisotopic (exact) mass is 304 g/mol. The minimum absolute atomic E-state index is 0.0707. The Morgan fingerprint density at radius 3 is 2.55 bits per heavy atom. The molecule has 0 aliphatic heterocycles. The molecule has 2 N–H and O–H groups in total. The van der Waals surface area contributed by atoms with E-state index in [-0.39, 0.29) is 10.8 Å². The Kier molecular flexibility index (Phi) is 3.89. The van der Waals surface area contributed by atoms with Gasteiger partial charge in [-0.25, -0.2) is 4.98 Å². The van der Waals surface area contributed by atoms with Gasteiger partial charge in [0.25, 0.3) is 0 Å². The summed E-state index contributed by atoms with van der Waals surface area (Å²) in [5.74, 6) is 0.208. The Hall–Kier alpha value is -1.76. The van der Waals surface area contributed by atoms with Crippen LogP contribution in [0.15, 0.2) is 12.3 Å². The molecular weight excluding hydrogens is 293 g/mol. The van der Waals surface area contributed by atoms with Crippen LogP contribution in [0.3, 0.4) is 0 Å². The van der Waals surface area contributed by atoms with Crippen LogP contribution in [0.25, 0.3) is 0 Å². The highest BCUT2D eigenvalue weighted by Gasteiger charge is 2.31. The third kappa shape index (κ3) is 3.04. The van der Waals surface area contributed by atoms with Crippen molar-refractivity contribution < 1.29 is 13.2 Å². The maximum Gasteiger partial charge on any atom is 0.417 e. The number of alkyl halides is 3. The second kappa shape index (κ2) is 5.32. The lowest BCUT2D eigenvalue weighted by molar-refractivity contribution is -0.137. The van der Waals surface area contributed by atoms with Gasteiger partial charge in [0.2, 0.25) is 0 Å². The summed E-state index contributed by atoms with van der Waals surface area (Å²) in [6.07, 6.45) is -3.70. The van der Waals surface area contributed by atoms with Gasteiger partial charge in [-0.3, -0.25) is 5.10 Å². The molecule has 8 heteroatoms. The van der Waals surface area contributed by atoms with Crippen molar-refractivity contribution in [1.29, 1.82) is 0 Å². The van der Waals surface area contributed by atoms with E-state index in [1.165, 1.54) is 0 Å². The van der Waals surface area contributed by atoms with E-state index in [1.807, 2.05) is 13.8 Å². The fourth-order valence-electron chi connectivity index (χ4n) is 1.73. The number of nitrogens with zero attached hydrogens (tertiary/aromatic N) is 2. The average Bonchev–Trinajstić information content (AvgIpc) is 2.67. The molecule has 0 radical (unpaired) electrons. The molecule has 4 nitrogen and oxygen atoms in total. The summed E-state index contributed by atoms with van der Waals surface area (Å²) in [6, 6.07) is 0.853. The van der Waals surface area contributed by atoms with Crippen LogP contribution in [0.5, 0.6) is 0 Å². The van der Waals surface area contributed by atoms with Crippen LogP contribution in [-0.2, 0) is 12.7 Å². The molecule has 20 heavy (non-hydrogen) atoms. The maximum atomic E-state index is 12.5. The molecule has 0 amide bonds. The number of rotatable bonds is 3. The van der Waals surface area contributed by atoms with E-state index < -0.39 is 11.7 Å². The smallest absolute Gasteiger partial charge is 0.365 e. The zero-order chi connectivity index (χ0) is 14.9. The van der Waals surface area contributed by atoms with Crippen molar-refractivity contribution in [2.75, 3.05) is 5.32 Å². The van der Waals surface area contributed by atoms with Crippen LogP contribution in [0.2, 0.25) is 5.02 Å². The first kappa shape index (κ1) is 14.6. The number of aryl methyl sites for hydroxylation is 2. The summed E-state index contributed by atoms with van der Waals surface area (Å²) in [4.78, 5) is 3.71. The van der Waals surface area contributed by atoms with E-state index in [0.29, 0.717) is 6.54 Å². The molecule has 0 aliphatic carbocycles. The number of H-pyrrole nitrogens is 1. The first-order valence-corrected chi connectivity index (χ1v) is 6.14. The minimum atomic E-state index is -4.45. The summed E-state index contributed by atoms with van der Waals surface area (Å²) in [5, 5.41) is 9.69. The maximum absolute atomic E-state index is 12.5. The number of hydrogen-bond donors (Lipinski definition) is 2. The quantitative estimate of drug-likeness (QED) is 0.909. The number of hydrogen-bond acceptors (Lipinski definition) is 3. The van der Waals surface area contributed by atoms with Crippen LogP contribution in [0.1, 0.15) is 22.5 Å². The molecule has 0 aromatic carbocycles. The molecule has 0 saturated heterocycles. The van der Waals surface area contributed by atoms with Gasteiger partial charge in [-0.15, -0.1) is 0 Å². The minimum Gasteiger partial charge on any atom is -0.365 e. The zero-order valence-corrected chi connectivity index (χ0v) is 11.5. The van der Waals surface area contributed by atoms with Gasteiger partial charge in [-0.1, -0.05) is 11.6 Å². The Bertz CT molecular complexity index is 602. The predicted molar refractivity (Wildman–Crippen MR) is 69.6 cm³/mol. The number of pyridine rings is 1. The van der Waals surface area contributed by atoms with E-state index >= 15 is 0 Å². The molecular formula is C12H12ClF3N4. The molecule has 0 spiro atoms. The SMILES string of the molecule is Cc1n[nH]c(C)c1CNc1ncc(C(F)(F)F)cc1Cl. The molecule has 0 saturated carbocycles. The predicted octanol–water partition coefficient (Wildman–Crippen LogP) is 3.71. The van der Waals surface area contributed by atoms with Crippen LogP contribution in [-0.4, -0.2) is 15.2 Å². The van der Waals surface area contributed by atoms with E-state index in [9.17, 15) is 13.2 Å². The Morgan fingerprint density at radius 2 is 2.05 bits per heavy atom. The highest BCUT2D eigenvalue weighted by Crippen LogP contribution is 2.32. The van der Waals surface area contributed by atoms with E-state index in [4.69, 9.17) is 11.6 Å². The van der Waals surface area contributed by atoms with Crippen molar-refractivity contribution in [2.24, 2.45) is 0 Å². The van der Waals surface area contributed by atoms with Gasteiger partial charge in [0.1, 0.15) is 5.82 Å². The lowest BCUT2D eigenvalue weighted by Gasteiger charge is -2.11. The van der Waals surface area contributed by atoms with Gasteiger partial charge in [0.05, 0.1) is 16.3 Å². The molecule has 2 rings (SSSR count). The number of halogens is 4. The topological polar surface area (TPSA) is 53.6 Å². The van der Waals surface area contributed by atoms with Crippen LogP contribution >= 0.6 is 11.6 Å². The molecule has 0 bridgehead atoms. The summed E-state index contributed by atoms with van der Waals surface area (Å²) in [5.41, 5.74) is 1.77. The normalized spacial score (nSPS) is 11.7. The zero-order valence-electron chi connectivity index (χ0n) is 10.8. The summed E-state index contributed by atoms with van der Waals surface area (Å²) < 4.78 is 37.4. The molecule has 2 aromatic rings. The standard InChI is InChI=1S/C12H12ClF3N4/c1-6-9(7(2)20-19-6)5-18-11-10(13)3-8(4-17-11)12(14,15)16/h3-4H,5H2,1-2H3,(H,17,18)(H,19,20). The molecule has 108 valence electrons. The highest BCUT2D eigenvalue weighted by atomic mass is 35.5. The number of aromatic amines is 1. The van der Waals surface area contributed by atoms with Gasteiger partial charge in [0.15, 0.2) is 0 Å². The average molecular weight is 305 g/mol. The van der Waals surface area contributed by atoms with Gasteiger partial charge in [0, 0.05) is 24.0 Å². The van der Waals surface area contributed by atoms with Crippen molar-refractivity contribution >= 4 is 17.4 Å². The lowest BCUT2D eigenvalue weighted by atomic mass is 10.2. The summed E-state index contributed by atoms with van der Waals surface area (Å²) in [6.45, 7) is 4.08. The third-order valence-corrected chi connectivity index (χ3v) is 3.17. The fourth-order valence-corrected chi connectivity index (χ4v) is 1.96. The molecule has 0 atom stereocenters. The molecule has 0 unspecified atom stereocenters. The number of aromatic nitrogens is 3. The van der Waals surface area contributed by atoms with Crippen molar-refractivity contribution in [2.45, 2.75) is 26.6 Å². The number of anilines is 1. The van der Waals surface area contributed by atoms with Crippen molar-refractivity contribution in [1.82, 2.24) is 15.2 Å². The van der Waals surface area contributed by atoms with E-state index in [1.54, 1.807) is 0 Å². The summed E-state index contributed by atoms with van der Waals surface area (Å²) >= 11 is 5.81. The van der Waals surface area contributed by atoms with E-state index in [2.05, 4.69) is 20.5 Å². The second-order valence-electron chi connectivity index (χ2n) is 4.32. The molecule has 2 aromatic heterocycles. The Balaban J connectivity index is 2.15. The Morgan fingerprint density at radius 1 is 1.35 bits per heavy atom. The highest BCUT2D eigenvalue weighted by molar-refractivity contribution is 6.32. The van der Waals surface area contributed by atoms with Crippen LogP contribution in [0.4, 0.5) is 19.0 Å². The van der Waals surface area contributed by atoms with Crippen molar-refractivity contribution in [3.8, 4) is 0 Å². The fraction of sp³-hybridized carbons (Fsp3) is 0.333. The molecule has 0 fully saturated rings. The largest absolute Gasteiger partial charge is 0.417 e. The second-order valence-corrected chi connectivity index (χ2v) is 4.73. The van der Waals surface area contributed by atoms with Crippen LogP contribution in [0, 0.1) is 13.8 Å². The van der Waals surface area contributed by atoms with Crippen LogP contribution < -0.4 is 5.32 Å². The first-order valence-electron chi connectivity index (χ1n) is 5.76. The van der Waals surface area contributed by atoms with E-state index in [0.717, 1.165) is 29.2 Å². The molecule has 0 aliphatic rings. The van der Waals surface area contributed by atoms with Gasteiger partial charge in [-0.2, -0.15) is 18.3 Å². The number of nitrogens with one attached hydrogen (secondary N) is 2. The van der Waals surface area contributed by atoms with Crippen molar-refractivity contribution in [3.05, 3.63) is 39.8 Å².